The van der Waals surface area contributed by atoms with Crippen molar-refractivity contribution in [1.29, 1.82) is 0 Å². The summed E-state index contributed by atoms with van der Waals surface area (Å²) in [6.07, 6.45) is 1.89. The summed E-state index contributed by atoms with van der Waals surface area (Å²) in [7, 11) is -4.00. The second-order valence-corrected chi connectivity index (χ2v) is 9.09. The highest BCUT2D eigenvalue weighted by Crippen LogP contribution is 2.26. The minimum Gasteiger partial charge on any atom is -0.492 e. The number of benzene rings is 2. The summed E-state index contributed by atoms with van der Waals surface area (Å²) in [5.41, 5.74) is 9.11. The lowest BCUT2D eigenvalue weighted by molar-refractivity contribution is 0.315. The van der Waals surface area contributed by atoms with Crippen molar-refractivity contribution in [3.05, 3.63) is 82.5 Å². The molecular formula is C21H22Cl2N4O3S. The minimum absolute atomic E-state index is 0.110. The third-order valence-electron chi connectivity index (χ3n) is 4.25. The van der Waals surface area contributed by atoms with Crippen LogP contribution in [0.1, 0.15) is 5.56 Å². The van der Waals surface area contributed by atoms with Crippen LogP contribution >= 0.6 is 23.2 Å². The highest BCUT2D eigenvalue weighted by Gasteiger charge is 2.28. The summed E-state index contributed by atoms with van der Waals surface area (Å²) in [6.45, 7) is 0.712. The van der Waals surface area contributed by atoms with E-state index in [2.05, 4.69) is 10.4 Å². The summed E-state index contributed by atoms with van der Waals surface area (Å²) in [5, 5.41) is 1.05. The molecule has 0 saturated heterocycles. The van der Waals surface area contributed by atoms with E-state index in [0.717, 1.165) is 4.41 Å². The second kappa shape index (κ2) is 10.8. The third kappa shape index (κ3) is 6.09. The van der Waals surface area contributed by atoms with Crippen LogP contribution in [0.4, 0.5) is 5.82 Å². The van der Waals surface area contributed by atoms with Crippen LogP contribution in [0.5, 0.6) is 5.75 Å². The molecule has 1 aromatic heterocycles. The number of hydrazine groups is 1. The number of sulfonamides is 1. The SMILES string of the molecule is NCCc1cc(Cl)ccc1S(=O)(=O)N(NCCOc1ccc(Cl)cc1)c1ccccn1. The van der Waals surface area contributed by atoms with Gasteiger partial charge in [0, 0.05) is 16.2 Å². The van der Waals surface area contributed by atoms with Gasteiger partial charge in [0.15, 0.2) is 5.82 Å². The van der Waals surface area contributed by atoms with E-state index in [9.17, 15) is 8.42 Å². The van der Waals surface area contributed by atoms with Gasteiger partial charge in [0.05, 0.1) is 11.4 Å². The van der Waals surface area contributed by atoms with E-state index in [1.54, 1.807) is 48.5 Å². The summed E-state index contributed by atoms with van der Waals surface area (Å²) in [5.74, 6) is 0.851. The molecule has 0 bridgehead atoms. The van der Waals surface area contributed by atoms with Gasteiger partial charge in [0.25, 0.3) is 10.0 Å². The Morgan fingerprint density at radius 3 is 2.45 bits per heavy atom. The Labute approximate surface area is 191 Å². The summed E-state index contributed by atoms with van der Waals surface area (Å²) in [6, 6.07) is 16.6. The Bertz CT molecular complexity index is 1100. The maximum atomic E-state index is 13.5. The normalized spacial score (nSPS) is 11.3. The molecule has 2 aromatic carbocycles. The van der Waals surface area contributed by atoms with Gasteiger partial charge in [-0.1, -0.05) is 29.3 Å². The number of ether oxygens (including phenoxy) is 1. The first-order valence-electron chi connectivity index (χ1n) is 9.48. The van der Waals surface area contributed by atoms with E-state index in [1.165, 1.54) is 18.3 Å². The Morgan fingerprint density at radius 1 is 1.03 bits per heavy atom. The maximum Gasteiger partial charge on any atom is 0.279 e. The lowest BCUT2D eigenvalue weighted by atomic mass is 10.1. The summed E-state index contributed by atoms with van der Waals surface area (Å²) in [4.78, 5) is 4.30. The Hall–Kier alpha value is -2.36. The van der Waals surface area contributed by atoms with Crippen LogP contribution in [0.15, 0.2) is 71.8 Å². The topological polar surface area (TPSA) is 97.6 Å². The number of nitrogens with zero attached hydrogens (tertiary/aromatic N) is 2. The van der Waals surface area contributed by atoms with Crippen molar-refractivity contribution in [3.8, 4) is 5.75 Å². The molecule has 0 fully saturated rings. The van der Waals surface area contributed by atoms with E-state index in [-0.39, 0.29) is 30.4 Å². The molecule has 0 unspecified atom stereocenters. The molecule has 31 heavy (non-hydrogen) atoms. The quantitative estimate of drug-likeness (QED) is 0.339. The fraction of sp³-hybridized carbons (Fsp3) is 0.190. The average Bonchev–Trinajstić information content (AvgIpc) is 2.75. The molecule has 164 valence electrons. The first-order valence-corrected chi connectivity index (χ1v) is 11.7. The van der Waals surface area contributed by atoms with E-state index in [0.29, 0.717) is 27.8 Å². The minimum atomic E-state index is -4.00. The maximum absolute atomic E-state index is 13.5. The molecule has 3 N–H and O–H groups in total. The summed E-state index contributed by atoms with van der Waals surface area (Å²) < 4.78 is 33.7. The molecule has 3 aromatic rings. The van der Waals surface area contributed by atoms with E-state index >= 15 is 0 Å². The van der Waals surface area contributed by atoms with E-state index < -0.39 is 10.0 Å². The number of hydrogen-bond acceptors (Lipinski definition) is 6. The third-order valence-corrected chi connectivity index (χ3v) is 6.49. The van der Waals surface area contributed by atoms with Crippen molar-refractivity contribution >= 4 is 39.0 Å². The van der Waals surface area contributed by atoms with Gasteiger partial charge in [-0.15, -0.1) is 0 Å². The summed E-state index contributed by atoms with van der Waals surface area (Å²) >= 11 is 11.9. The van der Waals surface area contributed by atoms with Gasteiger partial charge in [-0.25, -0.2) is 10.4 Å². The molecule has 3 rings (SSSR count). The Kier molecular flexibility index (Phi) is 8.11. The molecule has 0 atom stereocenters. The molecule has 0 aliphatic carbocycles. The van der Waals surface area contributed by atoms with Gasteiger partial charge >= 0.3 is 0 Å². The van der Waals surface area contributed by atoms with Gasteiger partial charge in [0.2, 0.25) is 0 Å². The number of pyridine rings is 1. The fourth-order valence-electron chi connectivity index (χ4n) is 2.86. The number of hydrogen-bond donors (Lipinski definition) is 2. The molecule has 0 amide bonds. The highest BCUT2D eigenvalue weighted by atomic mass is 35.5. The smallest absolute Gasteiger partial charge is 0.279 e. The first kappa shape index (κ1) is 23.3. The van der Waals surface area contributed by atoms with Crippen LogP contribution in [-0.2, 0) is 16.4 Å². The zero-order valence-electron chi connectivity index (χ0n) is 16.5. The van der Waals surface area contributed by atoms with Crippen LogP contribution in [-0.4, -0.2) is 33.1 Å². The predicted molar refractivity (Wildman–Crippen MR) is 123 cm³/mol. The molecule has 0 aliphatic heterocycles. The zero-order valence-corrected chi connectivity index (χ0v) is 18.9. The second-order valence-electron chi connectivity index (χ2n) is 6.46. The molecule has 10 heteroatoms. The van der Waals surface area contributed by atoms with Crippen molar-refractivity contribution in [2.75, 3.05) is 24.1 Å². The van der Waals surface area contributed by atoms with Crippen molar-refractivity contribution in [3.63, 3.8) is 0 Å². The largest absolute Gasteiger partial charge is 0.492 e. The predicted octanol–water partition coefficient (Wildman–Crippen LogP) is 3.67. The van der Waals surface area contributed by atoms with Crippen molar-refractivity contribution in [2.24, 2.45) is 5.73 Å². The molecule has 0 aliphatic rings. The fourth-order valence-corrected chi connectivity index (χ4v) is 4.72. The standard InChI is InChI=1S/C21H22Cl2N4O3S/c22-17-4-7-19(8-5-17)30-14-13-26-27(21-3-1-2-12-25-21)31(28,29)20-9-6-18(23)15-16(20)10-11-24/h1-9,12,15,26H,10-11,13-14,24H2. The van der Waals surface area contributed by atoms with Gasteiger partial charge in [-0.2, -0.15) is 12.8 Å². The molecular weight excluding hydrogens is 459 g/mol. The molecule has 1 heterocycles. The monoisotopic (exact) mass is 480 g/mol. The van der Waals surface area contributed by atoms with Crippen molar-refractivity contribution < 1.29 is 13.2 Å². The van der Waals surface area contributed by atoms with Gasteiger partial charge in [-0.05, 0) is 73.1 Å². The van der Waals surface area contributed by atoms with Crippen molar-refractivity contribution in [1.82, 2.24) is 10.4 Å². The van der Waals surface area contributed by atoms with Crippen LogP contribution in [0.2, 0.25) is 10.0 Å². The highest BCUT2D eigenvalue weighted by molar-refractivity contribution is 7.92. The lowest BCUT2D eigenvalue weighted by Gasteiger charge is -2.25. The number of halogens is 2. The molecule has 0 saturated carbocycles. The molecule has 0 spiro atoms. The van der Waals surface area contributed by atoms with Gasteiger partial charge in [-0.3, -0.25) is 0 Å². The van der Waals surface area contributed by atoms with Gasteiger partial charge < -0.3 is 10.5 Å². The molecule has 7 nitrogen and oxygen atoms in total. The molecule has 0 radical (unpaired) electrons. The van der Waals surface area contributed by atoms with E-state index in [4.69, 9.17) is 33.7 Å². The number of aromatic nitrogens is 1. The number of nitrogens with two attached hydrogens (primary N) is 1. The first-order chi connectivity index (χ1) is 14.9. The van der Waals surface area contributed by atoms with E-state index in [1.807, 2.05) is 0 Å². The Morgan fingerprint density at radius 2 is 1.77 bits per heavy atom. The van der Waals surface area contributed by atoms with Crippen LogP contribution in [0.25, 0.3) is 0 Å². The lowest BCUT2D eigenvalue weighted by Crippen LogP contribution is -2.45. The Balaban J connectivity index is 1.83. The number of anilines is 1. The van der Waals surface area contributed by atoms with Crippen LogP contribution in [0.3, 0.4) is 0 Å². The zero-order chi connectivity index (χ0) is 22.3. The van der Waals surface area contributed by atoms with Crippen molar-refractivity contribution in [2.45, 2.75) is 11.3 Å². The number of nitrogens with one attached hydrogen (secondary N) is 1. The van der Waals surface area contributed by atoms with Gasteiger partial charge in [0.1, 0.15) is 12.4 Å². The van der Waals surface area contributed by atoms with Crippen LogP contribution in [0, 0.1) is 0 Å². The van der Waals surface area contributed by atoms with Crippen LogP contribution < -0.4 is 20.3 Å². The number of rotatable bonds is 10. The average molecular weight is 481 g/mol.